The molecule has 0 bridgehead atoms. The third kappa shape index (κ3) is 3.70. The molecule has 1 heterocycles. The lowest BCUT2D eigenvalue weighted by Gasteiger charge is -2.25. The first-order valence-corrected chi connectivity index (χ1v) is 4.79. The number of hydrogen-bond acceptors (Lipinski definition) is 6. The second-order valence-corrected chi connectivity index (χ2v) is 4.06. The Kier molecular flexibility index (Phi) is 3.62. The van der Waals surface area contributed by atoms with Crippen LogP contribution in [0.5, 0.6) is 0 Å². The molecule has 0 aromatic carbocycles. The van der Waals surface area contributed by atoms with Crippen molar-refractivity contribution in [3.8, 4) is 0 Å². The number of aromatic nitrogens is 2. The molecule has 7 nitrogen and oxygen atoms in total. The summed E-state index contributed by atoms with van der Waals surface area (Å²) in [5.41, 5.74) is 7.02. The Labute approximate surface area is 93.6 Å². The number of anilines is 2. The summed E-state index contributed by atoms with van der Waals surface area (Å²) >= 11 is 0. The molecule has 0 aliphatic heterocycles. The van der Waals surface area contributed by atoms with Gasteiger partial charge in [0.05, 0.1) is 0 Å². The third-order valence-electron chi connectivity index (χ3n) is 1.87. The van der Waals surface area contributed by atoms with Gasteiger partial charge in [0, 0.05) is 18.2 Å². The van der Waals surface area contributed by atoms with E-state index in [1.807, 2.05) is 13.8 Å². The van der Waals surface area contributed by atoms with Gasteiger partial charge in [-0.15, -0.1) is 0 Å². The fourth-order valence-corrected chi connectivity index (χ4v) is 1.32. The zero-order valence-corrected chi connectivity index (χ0v) is 9.32. The normalized spacial score (nSPS) is 10.9. The number of rotatable bonds is 5. The molecule has 0 aliphatic carbocycles. The van der Waals surface area contributed by atoms with Gasteiger partial charge in [-0.2, -0.15) is 4.98 Å². The second kappa shape index (κ2) is 4.75. The first-order valence-electron chi connectivity index (χ1n) is 4.79. The summed E-state index contributed by atoms with van der Waals surface area (Å²) in [7, 11) is 0. The van der Waals surface area contributed by atoms with E-state index >= 15 is 0 Å². The molecule has 0 saturated heterocycles. The van der Waals surface area contributed by atoms with Crippen LogP contribution in [0.15, 0.2) is 12.3 Å². The van der Waals surface area contributed by atoms with Crippen LogP contribution in [0.3, 0.4) is 0 Å². The van der Waals surface area contributed by atoms with E-state index in [0.717, 1.165) is 0 Å². The van der Waals surface area contributed by atoms with E-state index in [-0.39, 0.29) is 12.3 Å². The minimum absolute atomic E-state index is 0.211. The van der Waals surface area contributed by atoms with E-state index in [0.29, 0.717) is 11.8 Å². The first-order chi connectivity index (χ1) is 7.43. The molecular weight excluding hydrogens is 208 g/mol. The van der Waals surface area contributed by atoms with Crippen LogP contribution in [0.4, 0.5) is 11.8 Å². The lowest BCUT2D eigenvalue weighted by atomic mass is 10.0. The van der Waals surface area contributed by atoms with Gasteiger partial charge in [0.2, 0.25) is 11.9 Å². The van der Waals surface area contributed by atoms with E-state index < -0.39 is 5.54 Å². The second-order valence-electron chi connectivity index (χ2n) is 4.06. The van der Waals surface area contributed by atoms with Crippen LogP contribution in [-0.4, -0.2) is 21.4 Å². The van der Waals surface area contributed by atoms with Crippen LogP contribution in [-0.2, 0) is 4.79 Å². The standard InChI is InChI=1S/C9H16N6O/c1-9(2,5-6(10)16)14-7-3-4-12-8(13-7)15-11/h3-4H,5,11H2,1-2H3,(H2,10,16)(H2,12,13,14,15). The largest absolute Gasteiger partial charge is 0.370 e. The van der Waals surface area contributed by atoms with Crippen molar-refractivity contribution in [1.82, 2.24) is 9.97 Å². The Hall–Kier alpha value is -1.89. The molecule has 0 fully saturated rings. The molecule has 0 atom stereocenters. The monoisotopic (exact) mass is 224 g/mol. The Bertz CT molecular complexity index is 378. The van der Waals surface area contributed by atoms with Gasteiger partial charge in [-0.1, -0.05) is 0 Å². The van der Waals surface area contributed by atoms with Crippen molar-refractivity contribution in [3.05, 3.63) is 12.3 Å². The van der Waals surface area contributed by atoms with Gasteiger partial charge in [-0.05, 0) is 19.9 Å². The summed E-state index contributed by atoms with van der Waals surface area (Å²) in [5.74, 6) is 5.70. The summed E-state index contributed by atoms with van der Waals surface area (Å²) in [6, 6.07) is 1.68. The number of hydrazine groups is 1. The number of hydrogen-bond donors (Lipinski definition) is 4. The lowest BCUT2D eigenvalue weighted by Crippen LogP contribution is -2.36. The highest BCUT2D eigenvalue weighted by Gasteiger charge is 2.20. The van der Waals surface area contributed by atoms with Gasteiger partial charge < -0.3 is 11.1 Å². The average molecular weight is 224 g/mol. The smallest absolute Gasteiger partial charge is 0.239 e. The molecule has 1 aromatic heterocycles. The number of nitrogens with one attached hydrogen (secondary N) is 2. The van der Waals surface area contributed by atoms with E-state index in [1.165, 1.54) is 0 Å². The molecule has 0 aliphatic rings. The summed E-state index contributed by atoms with van der Waals surface area (Å²) < 4.78 is 0. The van der Waals surface area contributed by atoms with Gasteiger partial charge in [-0.25, -0.2) is 10.8 Å². The molecule has 0 saturated carbocycles. The van der Waals surface area contributed by atoms with Crippen molar-refractivity contribution in [2.45, 2.75) is 25.8 Å². The quantitative estimate of drug-likeness (QED) is 0.407. The van der Waals surface area contributed by atoms with Gasteiger partial charge in [-0.3, -0.25) is 10.2 Å². The maximum atomic E-state index is 10.8. The van der Waals surface area contributed by atoms with Crippen LogP contribution >= 0.6 is 0 Å². The van der Waals surface area contributed by atoms with Crippen LogP contribution < -0.4 is 22.3 Å². The predicted molar refractivity (Wildman–Crippen MR) is 61.4 cm³/mol. The highest BCUT2D eigenvalue weighted by Crippen LogP contribution is 2.16. The van der Waals surface area contributed by atoms with Gasteiger partial charge >= 0.3 is 0 Å². The van der Waals surface area contributed by atoms with E-state index in [2.05, 4.69) is 20.7 Å². The molecule has 1 amide bonds. The van der Waals surface area contributed by atoms with Crippen LogP contribution in [0.1, 0.15) is 20.3 Å². The summed E-state index contributed by atoms with van der Waals surface area (Å²) in [4.78, 5) is 18.8. The molecule has 0 radical (unpaired) electrons. The minimum Gasteiger partial charge on any atom is -0.370 e. The number of nitrogens with zero attached hydrogens (tertiary/aromatic N) is 2. The lowest BCUT2D eigenvalue weighted by molar-refractivity contribution is -0.118. The molecule has 88 valence electrons. The maximum Gasteiger partial charge on any atom is 0.239 e. The summed E-state index contributed by atoms with van der Waals surface area (Å²) in [5, 5.41) is 3.08. The highest BCUT2D eigenvalue weighted by molar-refractivity contribution is 5.75. The number of carbonyl (C=O) groups excluding carboxylic acids is 1. The predicted octanol–water partition coefficient (Wildman–Crippen LogP) is -0.172. The van der Waals surface area contributed by atoms with Gasteiger partial charge in [0.15, 0.2) is 0 Å². The van der Waals surface area contributed by atoms with Crippen molar-refractivity contribution in [3.63, 3.8) is 0 Å². The number of nitrogen functional groups attached to an aromatic ring is 1. The summed E-state index contributed by atoms with van der Waals surface area (Å²) in [6.07, 6.45) is 1.77. The summed E-state index contributed by atoms with van der Waals surface area (Å²) in [6.45, 7) is 3.71. The highest BCUT2D eigenvalue weighted by atomic mass is 16.1. The van der Waals surface area contributed by atoms with Crippen molar-refractivity contribution in [2.75, 3.05) is 10.7 Å². The van der Waals surface area contributed by atoms with Gasteiger partial charge in [0.25, 0.3) is 0 Å². The molecule has 0 spiro atoms. The number of amides is 1. The fraction of sp³-hybridized carbons (Fsp3) is 0.444. The molecule has 7 heteroatoms. The fourth-order valence-electron chi connectivity index (χ4n) is 1.32. The Morgan fingerprint density at radius 3 is 2.81 bits per heavy atom. The average Bonchev–Trinajstić information content (AvgIpc) is 2.15. The third-order valence-corrected chi connectivity index (χ3v) is 1.87. The molecule has 0 unspecified atom stereocenters. The minimum atomic E-state index is -0.466. The zero-order valence-electron chi connectivity index (χ0n) is 9.32. The van der Waals surface area contributed by atoms with Crippen molar-refractivity contribution in [2.24, 2.45) is 11.6 Å². The van der Waals surface area contributed by atoms with E-state index in [9.17, 15) is 4.79 Å². The topological polar surface area (TPSA) is 119 Å². The number of nitrogens with two attached hydrogens (primary N) is 2. The van der Waals surface area contributed by atoms with E-state index in [1.54, 1.807) is 12.3 Å². The first kappa shape index (κ1) is 12.2. The van der Waals surface area contributed by atoms with Crippen molar-refractivity contribution in [1.29, 1.82) is 0 Å². The molecule has 6 N–H and O–H groups in total. The number of primary amides is 1. The maximum absolute atomic E-state index is 10.8. The zero-order chi connectivity index (χ0) is 12.2. The van der Waals surface area contributed by atoms with Crippen molar-refractivity contribution >= 4 is 17.7 Å². The molecular formula is C9H16N6O. The Morgan fingerprint density at radius 2 is 2.25 bits per heavy atom. The van der Waals surface area contributed by atoms with Crippen molar-refractivity contribution < 1.29 is 4.79 Å². The van der Waals surface area contributed by atoms with Crippen LogP contribution in [0, 0.1) is 0 Å². The van der Waals surface area contributed by atoms with Crippen LogP contribution in [0.25, 0.3) is 0 Å². The van der Waals surface area contributed by atoms with Crippen LogP contribution in [0.2, 0.25) is 0 Å². The number of carbonyl (C=O) groups is 1. The van der Waals surface area contributed by atoms with Gasteiger partial charge in [0.1, 0.15) is 5.82 Å². The molecule has 1 rings (SSSR count). The Balaban J connectivity index is 2.75. The Morgan fingerprint density at radius 1 is 1.56 bits per heavy atom. The van der Waals surface area contributed by atoms with E-state index in [4.69, 9.17) is 11.6 Å². The SMILES string of the molecule is CC(C)(CC(N)=O)Nc1ccnc(NN)n1. The molecule has 1 aromatic rings. The molecule has 16 heavy (non-hydrogen) atoms.